The molecule has 132 valence electrons. The summed E-state index contributed by atoms with van der Waals surface area (Å²) in [6, 6.07) is 0.979. The van der Waals surface area contributed by atoms with Crippen molar-refractivity contribution in [1.82, 2.24) is 9.55 Å². The Labute approximate surface area is 136 Å². The number of benzene rings is 1. The summed E-state index contributed by atoms with van der Waals surface area (Å²) in [4.78, 5) is 4.14. The van der Waals surface area contributed by atoms with E-state index in [0.717, 1.165) is 31.7 Å². The van der Waals surface area contributed by atoms with Crippen molar-refractivity contribution in [1.29, 1.82) is 0 Å². The minimum Gasteiger partial charge on any atom is -0.484 e. The first-order valence-electron chi connectivity index (χ1n) is 7.99. The van der Waals surface area contributed by atoms with Crippen LogP contribution in [-0.2, 0) is 7.05 Å². The molecule has 1 heterocycles. The molecule has 1 aromatic carbocycles. The van der Waals surface area contributed by atoms with E-state index in [0.29, 0.717) is 5.95 Å². The number of halogens is 4. The molecule has 0 radical (unpaired) electrons. The van der Waals surface area contributed by atoms with Crippen LogP contribution in [0.4, 0.5) is 23.5 Å². The summed E-state index contributed by atoms with van der Waals surface area (Å²) in [7, 11) is 1.56. The monoisotopic (exact) mass is 345 g/mol. The van der Waals surface area contributed by atoms with Gasteiger partial charge < -0.3 is 14.6 Å². The van der Waals surface area contributed by atoms with Gasteiger partial charge in [-0.3, -0.25) is 0 Å². The highest BCUT2D eigenvalue weighted by Crippen LogP contribution is 2.32. The molecule has 0 bridgehead atoms. The molecule has 0 atom stereocenters. The lowest BCUT2D eigenvalue weighted by atomic mass is 9.96. The molecule has 0 saturated heterocycles. The molecule has 0 aliphatic heterocycles. The number of hydrogen-bond acceptors (Lipinski definition) is 3. The fourth-order valence-corrected chi connectivity index (χ4v) is 3.10. The first-order chi connectivity index (χ1) is 11.5. The van der Waals surface area contributed by atoms with Crippen molar-refractivity contribution in [3.8, 4) is 5.75 Å². The van der Waals surface area contributed by atoms with Gasteiger partial charge in [0.05, 0.1) is 0 Å². The summed E-state index contributed by atoms with van der Waals surface area (Å²) in [5.41, 5.74) is -0.240. The predicted octanol–water partition coefficient (Wildman–Crippen LogP) is 4.24. The summed E-state index contributed by atoms with van der Waals surface area (Å²) in [6.45, 7) is -0.993. The molecule has 1 N–H and O–H groups in total. The van der Waals surface area contributed by atoms with E-state index in [4.69, 9.17) is 0 Å². The molecule has 0 unspecified atom stereocenters. The molecule has 1 fully saturated rings. The number of hydrogen-bond donors (Lipinski definition) is 1. The zero-order valence-electron chi connectivity index (χ0n) is 13.3. The second-order valence-electron chi connectivity index (χ2n) is 6.04. The van der Waals surface area contributed by atoms with Crippen LogP contribution in [0.15, 0.2) is 6.07 Å². The number of aryl methyl sites for hydroxylation is 1. The van der Waals surface area contributed by atoms with Gasteiger partial charge in [-0.15, -0.1) is 0 Å². The largest absolute Gasteiger partial charge is 0.484 e. The highest BCUT2D eigenvalue weighted by molar-refractivity contribution is 5.81. The summed E-state index contributed by atoms with van der Waals surface area (Å²) < 4.78 is 59.3. The summed E-state index contributed by atoms with van der Waals surface area (Å²) in [5, 5.41) is 3.22. The average molecular weight is 345 g/mol. The first kappa shape index (κ1) is 16.9. The van der Waals surface area contributed by atoms with E-state index in [2.05, 4.69) is 15.0 Å². The van der Waals surface area contributed by atoms with Gasteiger partial charge >= 0.3 is 0 Å². The van der Waals surface area contributed by atoms with Crippen molar-refractivity contribution in [2.24, 2.45) is 7.05 Å². The van der Waals surface area contributed by atoms with Gasteiger partial charge in [0.2, 0.25) is 5.95 Å². The second-order valence-corrected chi connectivity index (χ2v) is 6.04. The van der Waals surface area contributed by atoms with Gasteiger partial charge in [0.25, 0.3) is 6.43 Å². The molecule has 8 heteroatoms. The van der Waals surface area contributed by atoms with Crippen LogP contribution in [-0.4, -0.2) is 28.6 Å². The van der Waals surface area contributed by atoms with Crippen LogP contribution in [0.5, 0.6) is 5.75 Å². The number of nitrogens with one attached hydrogen (secondary N) is 1. The highest BCUT2D eigenvalue weighted by atomic mass is 19.3. The quantitative estimate of drug-likeness (QED) is 0.824. The minimum atomic E-state index is -2.77. The number of anilines is 1. The van der Waals surface area contributed by atoms with Gasteiger partial charge in [0, 0.05) is 19.2 Å². The van der Waals surface area contributed by atoms with Gasteiger partial charge in [-0.1, -0.05) is 19.3 Å². The van der Waals surface area contributed by atoms with E-state index in [-0.39, 0.29) is 17.1 Å². The molecule has 1 saturated carbocycles. The van der Waals surface area contributed by atoms with E-state index >= 15 is 0 Å². The number of ether oxygens (including phenoxy) is 1. The molecular weight excluding hydrogens is 326 g/mol. The fourth-order valence-electron chi connectivity index (χ4n) is 3.10. The molecule has 1 aromatic heterocycles. The highest BCUT2D eigenvalue weighted by Gasteiger charge is 2.23. The van der Waals surface area contributed by atoms with Gasteiger partial charge in [0.1, 0.15) is 17.6 Å². The van der Waals surface area contributed by atoms with Crippen LogP contribution in [0, 0.1) is 11.6 Å². The van der Waals surface area contributed by atoms with Crippen LogP contribution in [0.2, 0.25) is 0 Å². The molecule has 24 heavy (non-hydrogen) atoms. The number of nitrogens with zero attached hydrogens (tertiary/aromatic N) is 2. The second kappa shape index (κ2) is 6.86. The van der Waals surface area contributed by atoms with Crippen molar-refractivity contribution < 1.29 is 22.3 Å². The third-order valence-electron chi connectivity index (χ3n) is 4.31. The lowest BCUT2D eigenvalue weighted by Crippen LogP contribution is -2.23. The number of fused-ring (bicyclic) bond motifs is 1. The van der Waals surface area contributed by atoms with Gasteiger partial charge in [-0.05, 0) is 12.8 Å². The molecular formula is C16H19F4N3O. The predicted molar refractivity (Wildman–Crippen MR) is 82.6 cm³/mol. The maximum atomic E-state index is 14.5. The van der Waals surface area contributed by atoms with Crippen LogP contribution in [0.1, 0.15) is 32.1 Å². The van der Waals surface area contributed by atoms with E-state index in [1.807, 2.05) is 0 Å². The zero-order valence-corrected chi connectivity index (χ0v) is 13.3. The normalized spacial score (nSPS) is 16.1. The average Bonchev–Trinajstić information content (AvgIpc) is 2.88. The van der Waals surface area contributed by atoms with Crippen molar-refractivity contribution in [2.45, 2.75) is 44.6 Å². The van der Waals surface area contributed by atoms with Crippen LogP contribution >= 0.6 is 0 Å². The molecule has 0 spiro atoms. The molecule has 1 aliphatic rings. The first-order valence-corrected chi connectivity index (χ1v) is 7.99. The van der Waals surface area contributed by atoms with Gasteiger partial charge in [-0.2, -0.15) is 0 Å². The molecule has 4 nitrogen and oxygen atoms in total. The number of imidazole rings is 1. The fraction of sp³-hybridized carbons (Fsp3) is 0.562. The molecule has 2 aromatic rings. The topological polar surface area (TPSA) is 39.1 Å². The van der Waals surface area contributed by atoms with Crippen molar-refractivity contribution in [3.63, 3.8) is 0 Å². The van der Waals surface area contributed by atoms with Crippen LogP contribution in [0.3, 0.4) is 0 Å². The zero-order chi connectivity index (χ0) is 17.3. The van der Waals surface area contributed by atoms with E-state index in [9.17, 15) is 17.6 Å². The lowest BCUT2D eigenvalue weighted by molar-refractivity contribution is 0.0798. The molecule has 3 rings (SSSR count). The van der Waals surface area contributed by atoms with Crippen molar-refractivity contribution in [2.75, 3.05) is 11.9 Å². The minimum absolute atomic E-state index is 0.0995. The summed E-state index contributed by atoms with van der Waals surface area (Å²) >= 11 is 0. The lowest BCUT2D eigenvalue weighted by Gasteiger charge is -2.23. The third-order valence-corrected chi connectivity index (χ3v) is 4.31. The maximum Gasteiger partial charge on any atom is 0.272 e. The Bertz CT molecular complexity index is 726. The van der Waals surface area contributed by atoms with E-state index in [1.165, 1.54) is 11.0 Å². The Kier molecular flexibility index (Phi) is 4.82. The van der Waals surface area contributed by atoms with E-state index < -0.39 is 30.4 Å². The van der Waals surface area contributed by atoms with E-state index in [1.54, 1.807) is 7.05 Å². The third kappa shape index (κ3) is 3.27. The SMILES string of the molecule is Cn1c(NC2CCCCC2)nc2c(F)cc(OCC(F)F)c(F)c21. The van der Waals surface area contributed by atoms with Crippen molar-refractivity contribution >= 4 is 17.0 Å². The number of aromatic nitrogens is 2. The number of rotatable bonds is 5. The Morgan fingerprint density at radius 3 is 2.67 bits per heavy atom. The van der Waals surface area contributed by atoms with Gasteiger partial charge in [0.15, 0.2) is 17.4 Å². The summed E-state index contributed by atoms with van der Waals surface area (Å²) in [5.74, 6) is -1.87. The standard InChI is InChI=1S/C16H19F4N3O/c1-23-15-13(20)11(24-8-12(18)19)7-10(17)14(15)22-16(23)21-9-5-3-2-4-6-9/h7,9,12H,2-6,8H2,1H3,(H,21,22). The molecule has 1 aliphatic carbocycles. The molecule has 0 amide bonds. The van der Waals surface area contributed by atoms with Crippen LogP contribution < -0.4 is 10.1 Å². The van der Waals surface area contributed by atoms with Gasteiger partial charge in [-0.25, -0.2) is 22.5 Å². The van der Waals surface area contributed by atoms with Crippen molar-refractivity contribution in [3.05, 3.63) is 17.7 Å². The Hall–Kier alpha value is -1.99. The Balaban J connectivity index is 1.94. The number of alkyl halides is 2. The maximum absolute atomic E-state index is 14.5. The summed E-state index contributed by atoms with van der Waals surface area (Å²) in [6.07, 6.45) is 2.60. The smallest absolute Gasteiger partial charge is 0.272 e. The Morgan fingerprint density at radius 1 is 1.29 bits per heavy atom. The van der Waals surface area contributed by atoms with Crippen LogP contribution in [0.25, 0.3) is 11.0 Å². The Morgan fingerprint density at radius 2 is 2.00 bits per heavy atom.